The lowest BCUT2D eigenvalue weighted by atomic mass is 10.0. The summed E-state index contributed by atoms with van der Waals surface area (Å²) in [6, 6.07) is 14.8. The van der Waals surface area contributed by atoms with Crippen LogP contribution >= 0.6 is 0 Å². The topological polar surface area (TPSA) is 91.8 Å². The number of amides is 2. The normalized spacial score (nSPS) is 16.3. The van der Waals surface area contributed by atoms with Crippen LogP contribution in [0.5, 0.6) is 0 Å². The van der Waals surface area contributed by atoms with Crippen LogP contribution in [0.3, 0.4) is 0 Å². The molecule has 1 aliphatic rings. The molecule has 31 heavy (non-hydrogen) atoms. The van der Waals surface area contributed by atoms with E-state index < -0.39 is 0 Å². The van der Waals surface area contributed by atoms with Gasteiger partial charge in [0.1, 0.15) is 0 Å². The van der Waals surface area contributed by atoms with Gasteiger partial charge in [0.05, 0.1) is 12.6 Å². The highest BCUT2D eigenvalue weighted by Gasteiger charge is 2.16. The van der Waals surface area contributed by atoms with Crippen molar-refractivity contribution in [3.05, 3.63) is 59.7 Å². The van der Waals surface area contributed by atoms with Crippen molar-refractivity contribution >= 4 is 29.1 Å². The van der Waals surface area contributed by atoms with E-state index in [4.69, 9.17) is 4.74 Å². The highest BCUT2D eigenvalue weighted by atomic mass is 16.5. The number of aliphatic imine (C=N–C) groups is 1. The zero-order chi connectivity index (χ0) is 22.2. The molecule has 1 heterocycles. The molecule has 0 spiro atoms. The first kappa shape index (κ1) is 22.5. The molecule has 2 aromatic carbocycles. The number of rotatable bonds is 6. The monoisotopic (exact) mass is 422 g/mol. The fourth-order valence-electron chi connectivity index (χ4n) is 3.30. The number of nitrogens with zero attached hydrogens (tertiary/aromatic N) is 1. The molecule has 0 bridgehead atoms. The lowest BCUT2D eigenvalue weighted by Gasteiger charge is -2.14. The van der Waals surface area contributed by atoms with Gasteiger partial charge in [-0.05, 0) is 54.7 Å². The number of carbonyl (C=O) groups excluding carboxylic acids is 2. The summed E-state index contributed by atoms with van der Waals surface area (Å²) in [7, 11) is 0. The van der Waals surface area contributed by atoms with Crippen molar-refractivity contribution in [2.24, 2.45) is 4.99 Å². The zero-order valence-electron chi connectivity index (χ0n) is 18.3. The summed E-state index contributed by atoms with van der Waals surface area (Å²) in [4.78, 5) is 28.7. The molecule has 1 atom stereocenters. The highest BCUT2D eigenvalue weighted by Crippen LogP contribution is 2.18. The summed E-state index contributed by atoms with van der Waals surface area (Å²) in [5.41, 5.74) is 3.06. The van der Waals surface area contributed by atoms with Gasteiger partial charge in [0.2, 0.25) is 11.9 Å². The van der Waals surface area contributed by atoms with Crippen LogP contribution in [0.1, 0.15) is 55.5 Å². The summed E-state index contributed by atoms with van der Waals surface area (Å²) >= 11 is 0. The van der Waals surface area contributed by atoms with E-state index in [1.165, 1.54) is 12.5 Å². The van der Waals surface area contributed by atoms with E-state index in [0.29, 0.717) is 29.7 Å². The first-order valence-corrected chi connectivity index (χ1v) is 10.6. The van der Waals surface area contributed by atoms with Gasteiger partial charge in [-0.2, -0.15) is 0 Å². The van der Waals surface area contributed by atoms with Gasteiger partial charge in [-0.1, -0.05) is 32.0 Å². The Balaban J connectivity index is 1.74. The minimum Gasteiger partial charge on any atom is -0.376 e. The van der Waals surface area contributed by atoms with Gasteiger partial charge in [0.25, 0.3) is 5.91 Å². The predicted molar refractivity (Wildman–Crippen MR) is 124 cm³/mol. The molecule has 1 aliphatic heterocycles. The molecule has 0 unspecified atom stereocenters. The van der Waals surface area contributed by atoms with Crippen LogP contribution in [0.4, 0.5) is 11.4 Å². The lowest BCUT2D eigenvalue weighted by Crippen LogP contribution is -2.36. The number of nitrogens with one attached hydrogen (secondary N) is 3. The fraction of sp³-hybridized carbons (Fsp3) is 0.375. The van der Waals surface area contributed by atoms with Gasteiger partial charge >= 0.3 is 0 Å². The number of benzene rings is 2. The first-order valence-electron chi connectivity index (χ1n) is 10.6. The molecule has 164 valence electrons. The molecule has 3 N–H and O–H groups in total. The number of hydrogen-bond donors (Lipinski definition) is 3. The molecule has 0 saturated carbocycles. The minimum absolute atomic E-state index is 0.0695. The summed E-state index contributed by atoms with van der Waals surface area (Å²) < 4.78 is 5.65. The molecule has 0 aromatic heterocycles. The van der Waals surface area contributed by atoms with E-state index in [9.17, 15) is 9.59 Å². The van der Waals surface area contributed by atoms with Crippen molar-refractivity contribution in [1.29, 1.82) is 0 Å². The Hall–Kier alpha value is -3.19. The van der Waals surface area contributed by atoms with Crippen molar-refractivity contribution in [1.82, 2.24) is 5.32 Å². The maximum Gasteiger partial charge on any atom is 0.258 e. The Morgan fingerprint density at radius 2 is 1.87 bits per heavy atom. The molecule has 0 radical (unpaired) electrons. The second kappa shape index (κ2) is 10.7. The number of carbonyl (C=O) groups is 2. The Morgan fingerprint density at radius 1 is 1.10 bits per heavy atom. The van der Waals surface area contributed by atoms with Crippen LogP contribution in [0, 0.1) is 0 Å². The highest BCUT2D eigenvalue weighted by molar-refractivity contribution is 6.10. The Bertz CT molecular complexity index is 932. The lowest BCUT2D eigenvalue weighted by molar-refractivity contribution is -0.114. The van der Waals surface area contributed by atoms with E-state index in [-0.39, 0.29) is 17.9 Å². The van der Waals surface area contributed by atoms with Crippen LogP contribution in [0.15, 0.2) is 53.5 Å². The van der Waals surface area contributed by atoms with E-state index in [2.05, 4.69) is 46.9 Å². The number of hydrogen-bond acceptors (Lipinski definition) is 4. The maximum atomic E-state index is 12.8. The summed E-state index contributed by atoms with van der Waals surface area (Å²) in [5, 5.41) is 8.75. The van der Waals surface area contributed by atoms with E-state index in [1.807, 2.05) is 12.1 Å². The van der Waals surface area contributed by atoms with Gasteiger partial charge in [-0.3, -0.25) is 14.9 Å². The molecule has 1 fully saturated rings. The molecule has 7 heteroatoms. The SMILES string of the molecule is CC(=O)Nc1cccc(C(=O)NC(=NC[C@H]2CCCO2)Nc2ccc(C(C)C)cc2)c1. The van der Waals surface area contributed by atoms with E-state index in [1.54, 1.807) is 24.3 Å². The standard InChI is InChI=1S/C24H30N4O3/c1-16(2)18-9-11-20(12-10-18)27-24(25-15-22-8-5-13-31-22)28-23(30)19-6-4-7-21(14-19)26-17(3)29/h4,6-7,9-12,14,16,22H,5,8,13,15H2,1-3H3,(H,26,29)(H2,25,27,28,30)/t22-/m1/s1. The Labute approximate surface area is 183 Å². The van der Waals surface area contributed by atoms with E-state index >= 15 is 0 Å². The molecule has 0 aliphatic carbocycles. The first-order chi connectivity index (χ1) is 14.9. The minimum atomic E-state index is -0.315. The summed E-state index contributed by atoms with van der Waals surface area (Å²) in [6.45, 7) is 6.94. The van der Waals surface area contributed by atoms with Crippen molar-refractivity contribution in [2.75, 3.05) is 23.8 Å². The van der Waals surface area contributed by atoms with Crippen LogP contribution < -0.4 is 16.0 Å². The van der Waals surface area contributed by atoms with Gasteiger partial charge < -0.3 is 15.4 Å². The Morgan fingerprint density at radius 3 is 2.52 bits per heavy atom. The molecular weight excluding hydrogens is 392 g/mol. The maximum absolute atomic E-state index is 12.8. The van der Waals surface area contributed by atoms with Gasteiger partial charge in [0, 0.05) is 30.5 Å². The average molecular weight is 423 g/mol. The van der Waals surface area contributed by atoms with Crippen molar-refractivity contribution in [3.63, 3.8) is 0 Å². The molecule has 2 amide bonds. The van der Waals surface area contributed by atoms with Crippen LogP contribution in [-0.2, 0) is 9.53 Å². The molecular formula is C24H30N4O3. The molecule has 1 saturated heterocycles. The molecule has 3 rings (SSSR count). The predicted octanol–water partition coefficient (Wildman–Crippen LogP) is 4.15. The van der Waals surface area contributed by atoms with Crippen molar-refractivity contribution in [2.45, 2.75) is 45.6 Å². The number of guanidine groups is 1. The van der Waals surface area contributed by atoms with Crippen LogP contribution in [0.25, 0.3) is 0 Å². The summed E-state index contributed by atoms with van der Waals surface area (Å²) in [5.74, 6) is 0.299. The quantitative estimate of drug-likeness (QED) is 0.482. The third-order valence-corrected chi connectivity index (χ3v) is 4.99. The summed E-state index contributed by atoms with van der Waals surface area (Å²) in [6.07, 6.45) is 2.06. The van der Waals surface area contributed by atoms with Crippen LogP contribution in [-0.4, -0.2) is 37.0 Å². The van der Waals surface area contributed by atoms with Crippen molar-refractivity contribution < 1.29 is 14.3 Å². The van der Waals surface area contributed by atoms with Gasteiger partial charge in [-0.25, -0.2) is 4.99 Å². The van der Waals surface area contributed by atoms with Gasteiger partial charge in [-0.15, -0.1) is 0 Å². The second-order valence-electron chi connectivity index (χ2n) is 7.94. The van der Waals surface area contributed by atoms with Gasteiger partial charge in [0.15, 0.2) is 0 Å². The third-order valence-electron chi connectivity index (χ3n) is 4.99. The fourth-order valence-corrected chi connectivity index (χ4v) is 3.30. The molecule has 7 nitrogen and oxygen atoms in total. The number of ether oxygens (including phenoxy) is 1. The Kier molecular flexibility index (Phi) is 7.78. The largest absolute Gasteiger partial charge is 0.376 e. The third kappa shape index (κ3) is 6.93. The number of anilines is 2. The average Bonchev–Trinajstić information content (AvgIpc) is 3.26. The van der Waals surface area contributed by atoms with E-state index in [0.717, 1.165) is 25.1 Å². The zero-order valence-corrected chi connectivity index (χ0v) is 18.3. The molecule has 2 aromatic rings. The smallest absolute Gasteiger partial charge is 0.258 e. The second-order valence-corrected chi connectivity index (χ2v) is 7.94. The van der Waals surface area contributed by atoms with Crippen molar-refractivity contribution in [3.8, 4) is 0 Å². The van der Waals surface area contributed by atoms with Crippen LogP contribution in [0.2, 0.25) is 0 Å².